The Morgan fingerprint density at radius 2 is 2.54 bits per heavy atom. The van der Waals surface area contributed by atoms with Gasteiger partial charge in [0.25, 0.3) is 0 Å². The van der Waals surface area contributed by atoms with Crippen molar-refractivity contribution in [3.63, 3.8) is 0 Å². The molecule has 74 valence electrons. The SMILES string of the molecule is CCCC(N)C(=O)C1=CCCCO1. The number of rotatable bonds is 4. The topological polar surface area (TPSA) is 52.3 Å². The molecule has 0 saturated heterocycles. The molecule has 0 aromatic rings. The molecule has 1 heterocycles. The molecule has 13 heavy (non-hydrogen) atoms. The molecule has 2 N–H and O–H groups in total. The van der Waals surface area contributed by atoms with Gasteiger partial charge < -0.3 is 10.5 Å². The van der Waals surface area contributed by atoms with Gasteiger partial charge in [0.1, 0.15) is 0 Å². The maximum atomic E-state index is 11.6. The lowest BCUT2D eigenvalue weighted by atomic mass is 10.1. The Balaban J connectivity index is 2.50. The summed E-state index contributed by atoms with van der Waals surface area (Å²) in [6.07, 6.45) is 5.45. The van der Waals surface area contributed by atoms with Gasteiger partial charge in [0.05, 0.1) is 12.6 Å². The number of ether oxygens (including phenoxy) is 1. The minimum absolute atomic E-state index is 0.0402. The summed E-state index contributed by atoms with van der Waals surface area (Å²) in [6.45, 7) is 2.67. The second-order valence-corrected chi connectivity index (χ2v) is 3.32. The highest BCUT2D eigenvalue weighted by molar-refractivity contribution is 5.97. The number of carbonyl (C=O) groups is 1. The van der Waals surface area contributed by atoms with Crippen LogP contribution < -0.4 is 5.73 Å². The number of hydrogen-bond acceptors (Lipinski definition) is 3. The van der Waals surface area contributed by atoms with Crippen LogP contribution in [-0.4, -0.2) is 18.4 Å². The summed E-state index contributed by atoms with van der Waals surface area (Å²) in [5.41, 5.74) is 5.69. The van der Waals surface area contributed by atoms with Crippen molar-refractivity contribution in [1.29, 1.82) is 0 Å². The molecule has 1 unspecified atom stereocenters. The molecule has 0 aliphatic carbocycles. The third kappa shape index (κ3) is 2.84. The van der Waals surface area contributed by atoms with E-state index >= 15 is 0 Å². The van der Waals surface area contributed by atoms with E-state index in [2.05, 4.69) is 0 Å². The van der Waals surface area contributed by atoms with Crippen LogP contribution in [-0.2, 0) is 9.53 Å². The van der Waals surface area contributed by atoms with Gasteiger partial charge >= 0.3 is 0 Å². The van der Waals surface area contributed by atoms with Gasteiger partial charge in [0, 0.05) is 0 Å². The number of ketones is 1. The van der Waals surface area contributed by atoms with Gasteiger partial charge in [-0.05, 0) is 25.3 Å². The van der Waals surface area contributed by atoms with Crippen molar-refractivity contribution in [3.8, 4) is 0 Å². The van der Waals surface area contributed by atoms with Crippen molar-refractivity contribution in [3.05, 3.63) is 11.8 Å². The van der Waals surface area contributed by atoms with Crippen molar-refractivity contribution in [1.82, 2.24) is 0 Å². The molecule has 1 atom stereocenters. The molecule has 0 fully saturated rings. The number of hydrogen-bond donors (Lipinski definition) is 1. The average molecular weight is 183 g/mol. The van der Waals surface area contributed by atoms with Gasteiger partial charge in [-0.25, -0.2) is 0 Å². The van der Waals surface area contributed by atoms with Crippen molar-refractivity contribution in [2.45, 2.75) is 38.6 Å². The maximum absolute atomic E-state index is 11.6. The Hall–Kier alpha value is -0.830. The first-order chi connectivity index (χ1) is 6.25. The van der Waals surface area contributed by atoms with Gasteiger partial charge in [-0.1, -0.05) is 13.3 Å². The third-order valence-electron chi connectivity index (χ3n) is 2.12. The highest BCUT2D eigenvalue weighted by atomic mass is 16.5. The van der Waals surface area contributed by atoms with Crippen LogP contribution in [0, 0.1) is 0 Å². The molecule has 0 radical (unpaired) electrons. The monoisotopic (exact) mass is 183 g/mol. The average Bonchev–Trinajstić information content (AvgIpc) is 2.18. The zero-order valence-corrected chi connectivity index (χ0v) is 8.08. The summed E-state index contributed by atoms with van der Waals surface area (Å²) in [5.74, 6) is 0.439. The van der Waals surface area contributed by atoms with E-state index in [4.69, 9.17) is 10.5 Å². The molecular formula is C10H17NO2. The lowest BCUT2D eigenvalue weighted by Crippen LogP contribution is -2.32. The van der Waals surface area contributed by atoms with Crippen LogP contribution in [0.4, 0.5) is 0 Å². The minimum atomic E-state index is -0.380. The second-order valence-electron chi connectivity index (χ2n) is 3.32. The van der Waals surface area contributed by atoms with E-state index in [0.717, 1.165) is 25.7 Å². The molecule has 0 saturated carbocycles. The molecule has 0 bridgehead atoms. The van der Waals surface area contributed by atoms with Crippen molar-refractivity contribution < 1.29 is 9.53 Å². The molecule has 0 spiro atoms. The molecule has 1 aliphatic rings. The third-order valence-corrected chi connectivity index (χ3v) is 2.12. The molecule has 1 rings (SSSR count). The van der Waals surface area contributed by atoms with E-state index in [-0.39, 0.29) is 11.8 Å². The summed E-state index contributed by atoms with van der Waals surface area (Å²) < 4.78 is 5.24. The maximum Gasteiger partial charge on any atom is 0.213 e. The van der Waals surface area contributed by atoms with Crippen LogP contribution in [0.5, 0.6) is 0 Å². The number of nitrogens with two attached hydrogens (primary N) is 1. The van der Waals surface area contributed by atoms with E-state index in [1.807, 2.05) is 13.0 Å². The summed E-state index contributed by atoms with van der Waals surface area (Å²) in [6, 6.07) is -0.380. The first kappa shape index (κ1) is 10.3. The van der Waals surface area contributed by atoms with Crippen molar-refractivity contribution in [2.75, 3.05) is 6.61 Å². The molecular weight excluding hydrogens is 166 g/mol. The Kier molecular flexibility index (Phi) is 3.96. The van der Waals surface area contributed by atoms with E-state index < -0.39 is 0 Å². The Labute approximate surface area is 78.9 Å². The predicted molar refractivity (Wildman–Crippen MR) is 51.2 cm³/mol. The fraction of sp³-hybridized carbons (Fsp3) is 0.700. The smallest absolute Gasteiger partial charge is 0.213 e. The van der Waals surface area contributed by atoms with E-state index in [1.54, 1.807) is 0 Å². The highest BCUT2D eigenvalue weighted by Crippen LogP contribution is 2.13. The van der Waals surface area contributed by atoms with Crippen molar-refractivity contribution >= 4 is 5.78 Å². The highest BCUT2D eigenvalue weighted by Gasteiger charge is 2.19. The lowest BCUT2D eigenvalue weighted by Gasteiger charge is -2.16. The fourth-order valence-electron chi connectivity index (χ4n) is 1.35. The van der Waals surface area contributed by atoms with Gasteiger partial charge in [0.15, 0.2) is 5.76 Å². The zero-order valence-electron chi connectivity index (χ0n) is 8.08. The van der Waals surface area contributed by atoms with Crippen LogP contribution >= 0.6 is 0 Å². The Bertz CT molecular complexity index is 211. The minimum Gasteiger partial charge on any atom is -0.490 e. The number of allylic oxidation sites excluding steroid dienone is 1. The summed E-state index contributed by atoms with van der Waals surface area (Å²) in [7, 11) is 0. The molecule has 3 heteroatoms. The van der Waals surface area contributed by atoms with Crippen LogP contribution in [0.25, 0.3) is 0 Å². The quantitative estimate of drug-likeness (QED) is 0.716. The van der Waals surface area contributed by atoms with Crippen LogP contribution in [0.2, 0.25) is 0 Å². The first-order valence-electron chi connectivity index (χ1n) is 4.88. The summed E-state index contributed by atoms with van der Waals surface area (Å²) >= 11 is 0. The Morgan fingerprint density at radius 1 is 1.77 bits per heavy atom. The first-order valence-corrected chi connectivity index (χ1v) is 4.88. The molecule has 0 amide bonds. The van der Waals surface area contributed by atoms with Gasteiger partial charge in [-0.2, -0.15) is 0 Å². The van der Waals surface area contributed by atoms with Crippen LogP contribution in [0.15, 0.2) is 11.8 Å². The Morgan fingerprint density at radius 3 is 3.08 bits per heavy atom. The van der Waals surface area contributed by atoms with E-state index in [1.165, 1.54) is 0 Å². The van der Waals surface area contributed by atoms with Crippen LogP contribution in [0.3, 0.4) is 0 Å². The largest absolute Gasteiger partial charge is 0.490 e. The zero-order chi connectivity index (χ0) is 9.68. The van der Waals surface area contributed by atoms with E-state index in [0.29, 0.717) is 12.4 Å². The standard InChI is InChI=1S/C10H17NO2/c1-2-5-8(11)10(12)9-6-3-4-7-13-9/h6,8H,2-5,7,11H2,1H3. The van der Waals surface area contributed by atoms with Gasteiger partial charge in [-0.3, -0.25) is 4.79 Å². The summed E-state index contributed by atoms with van der Waals surface area (Å²) in [4.78, 5) is 11.6. The van der Waals surface area contributed by atoms with Gasteiger partial charge in [-0.15, -0.1) is 0 Å². The number of carbonyl (C=O) groups excluding carboxylic acids is 1. The molecule has 0 aromatic heterocycles. The predicted octanol–water partition coefficient (Wildman–Crippen LogP) is 1.38. The summed E-state index contributed by atoms with van der Waals surface area (Å²) in [5, 5.41) is 0. The van der Waals surface area contributed by atoms with E-state index in [9.17, 15) is 4.79 Å². The molecule has 1 aliphatic heterocycles. The van der Waals surface area contributed by atoms with Gasteiger partial charge in [0.2, 0.25) is 5.78 Å². The second kappa shape index (κ2) is 5.02. The lowest BCUT2D eigenvalue weighted by molar-refractivity contribution is -0.120. The normalized spacial score (nSPS) is 18.8. The fourth-order valence-corrected chi connectivity index (χ4v) is 1.35. The molecule has 0 aromatic carbocycles. The number of Topliss-reactive ketones (excluding diaryl/α,β-unsaturated/α-hetero) is 1. The van der Waals surface area contributed by atoms with Crippen LogP contribution in [0.1, 0.15) is 32.6 Å². The molecule has 3 nitrogen and oxygen atoms in total. The van der Waals surface area contributed by atoms with Crippen molar-refractivity contribution in [2.24, 2.45) is 5.73 Å².